The Morgan fingerprint density at radius 3 is 2.40 bits per heavy atom. The molecule has 0 aliphatic rings. The van der Waals surface area contributed by atoms with E-state index in [2.05, 4.69) is 4.74 Å². The third-order valence-corrected chi connectivity index (χ3v) is 0.963. The number of rotatable bonds is 5. The van der Waals surface area contributed by atoms with Gasteiger partial charge in [0.25, 0.3) is 0 Å². The first-order valence-electron chi connectivity index (χ1n) is 3.29. The summed E-state index contributed by atoms with van der Waals surface area (Å²) in [5, 5.41) is 25.8. The minimum Gasteiger partial charge on any atom is -0.396 e. The molecular weight excluding hydrogens is 136 g/mol. The summed E-state index contributed by atoms with van der Waals surface area (Å²) in [4.78, 5) is 0. The summed E-state index contributed by atoms with van der Waals surface area (Å²) in [6.45, 7) is 1.45. The second-order valence-electron chi connectivity index (χ2n) is 2.06. The summed E-state index contributed by atoms with van der Waals surface area (Å²) in [6.07, 6.45) is -1.09. The lowest BCUT2D eigenvalue weighted by Crippen LogP contribution is -2.19. The summed E-state index contributed by atoms with van der Waals surface area (Å²) in [6, 6.07) is 0. The van der Waals surface area contributed by atoms with E-state index >= 15 is 0 Å². The van der Waals surface area contributed by atoms with Crippen LogP contribution in [0.25, 0.3) is 0 Å². The standard InChI is InChI=1S/C6H14O4/c1-5(8)10-6(9)3-2-4-7/h5-9H,2-4H2,1H3. The van der Waals surface area contributed by atoms with Gasteiger partial charge in [0.15, 0.2) is 12.6 Å². The average Bonchev–Trinajstić information content (AvgIpc) is 1.82. The molecular formula is C6H14O4. The van der Waals surface area contributed by atoms with Gasteiger partial charge in [-0.1, -0.05) is 0 Å². The minimum absolute atomic E-state index is 0.0280. The Balaban J connectivity index is 3.16. The summed E-state index contributed by atoms with van der Waals surface area (Å²) in [5.41, 5.74) is 0. The number of aliphatic hydroxyl groups excluding tert-OH is 3. The van der Waals surface area contributed by atoms with Crippen LogP contribution in [0.15, 0.2) is 0 Å². The Kier molecular flexibility index (Phi) is 5.52. The van der Waals surface area contributed by atoms with E-state index in [1.54, 1.807) is 0 Å². The highest BCUT2D eigenvalue weighted by Gasteiger charge is 2.05. The van der Waals surface area contributed by atoms with Gasteiger partial charge in [0.1, 0.15) is 0 Å². The van der Waals surface area contributed by atoms with Crippen molar-refractivity contribution in [2.45, 2.75) is 32.3 Å². The van der Waals surface area contributed by atoms with Crippen LogP contribution in [0.1, 0.15) is 19.8 Å². The molecule has 0 aromatic rings. The highest BCUT2D eigenvalue weighted by atomic mass is 16.7. The summed E-state index contributed by atoms with van der Waals surface area (Å²) in [7, 11) is 0. The first-order chi connectivity index (χ1) is 4.66. The van der Waals surface area contributed by atoms with Crippen molar-refractivity contribution in [3.63, 3.8) is 0 Å². The van der Waals surface area contributed by atoms with Crippen molar-refractivity contribution in [3.8, 4) is 0 Å². The van der Waals surface area contributed by atoms with E-state index in [4.69, 9.17) is 15.3 Å². The van der Waals surface area contributed by atoms with Gasteiger partial charge in [0.05, 0.1) is 0 Å². The van der Waals surface area contributed by atoms with Crippen LogP contribution in [0, 0.1) is 0 Å². The number of ether oxygens (including phenoxy) is 1. The molecule has 62 valence electrons. The Hall–Kier alpha value is -0.160. The van der Waals surface area contributed by atoms with Gasteiger partial charge in [-0.2, -0.15) is 0 Å². The lowest BCUT2D eigenvalue weighted by molar-refractivity contribution is -0.202. The first kappa shape index (κ1) is 9.84. The van der Waals surface area contributed by atoms with Crippen molar-refractivity contribution in [3.05, 3.63) is 0 Å². The zero-order valence-corrected chi connectivity index (χ0v) is 6.03. The fourth-order valence-electron chi connectivity index (χ4n) is 0.561. The zero-order chi connectivity index (χ0) is 7.98. The van der Waals surface area contributed by atoms with Crippen molar-refractivity contribution >= 4 is 0 Å². The van der Waals surface area contributed by atoms with Crippen LogP contribution in [0.5, 0.6) is 0 Å². The molecule has 3 N–H and O–H groups in total. The van der Waals surface area contributed by atoms with Gasteiger partial charge in [-0.25, -0.2) is 0 Å². The van der Waals surface area contributed by atoms with Gasteiger partial charge in [-0.3, -0.25) is 0 Å². The van der Waals surface area contributed by atoms with E-state index in [0.29, 0.717) is 12.8 Å². The maximum atomic E-state index is 8.86. The van der Waals surface area contributed by atoms with Crippen molar-refractivity contribution < 1.29 is 20.1 Å². The normalized spacial score (nSPS) is 16.8. The number of hydrogen-bond acceptors (Lipinski definition) is 4. The molecule has 0 spiro atoms. The highest BCUT2D eigenvalue weighted by molar-refractivity contribution is 4.41. The van der Waals surface area contributed by atoms with Gasteiger partial charge in [-0.05, 0) is 13.3 Å². The Labute approximate surface area is 60.1 Å². The van der Waals surface area contributed by atoms with Gasteiger partial charge < -0.3 is 20.1 Å². The molecule has 0 aromatic carbocycles. The van der Waals surface area contributed by atoms with E-state index in [0.717, 1.165) is 0 Å². The molecule has 2 unspecified atom stereocenters. The predicted octanol–water partition coefficient (Wildman–Crippen LogP) is -0.568. The van der Waals surface area contributed by atoms with Crippen LogP contribution in [0.2, 0.25) is 0 Å². The SMILES string of the molecule is CC(O)OC(O)CCCO. The lowest BCUT2D eigenvalue weighted by Gasteiger charge is -2.12. The van der Waals surface area contributed by atoms with Crippen molar-refractivity contribution in [2.24, 2.45) is 0 Å². The molecule has 0 saturated carbocycles. The highest BCUT2D eigenvalue weighted by Crippen LogP contribution is 1.99. The van der Waals surface area contributed by atoms with Gasteiger partial charge in [0, 0.05) is 13.0 Å². The van der Waals surface area contributed by atoms with E-state index in [1.165, 1.54) is 6.92 Å². The summed E-state index contributed by atoms with van der Waals surface area (Å²) >= 11 is 0. The van der Waals surface area contributed by atoms with Crippen LogP contribution >= 0.6 is 0 Å². The molecule has 0 aliphatic carbocycles. The monoisotopic (exact) mass is 150 g/mol. The molecule has 10 heavy (non-hydrogen) atoms. The molecule has 0 heterocycles. The molecule has 0 amide bonds. The van der Waals surface area contributed by atoms with Crippen molar-refractivity contribution in [1.29, 1.82) is 0 Å². The zero-order valence-electron chi connectivity index (χ0n) is 6.03. The second kappa shape index (κ2) is 5.61. The number of aliphatic hydroxyl groups is 3. The molecule has 0 radical (unpaired) electrons. The molecule has 0 aromatic heterocycles. The quantitative estimate of drug-likeness (QED) is 0.459. The van der Waals surface area contributed by atoms with Crippen LogP contribution in [-0.4, -0.2) is 34.5 Å². The van der Waals surface area contributed by atoms with Gasteiger partial charge >= 0.3 is 0 Å². The molecule has 0 bridgehead atoms. The van der Waals surface area contributed by atoms with Crippen LogP contribution in [0.4, 0.5) is 0 Å². The molecule has 4 nitrogen and oxygen atoms in total. The largest absolute Gasteiger partial charge is 0.396 e. The molecule has 0 rings (SSSR count). The smallest absolute Gasteiger partial charge is 0.157 e. The van der Waals surface area contributed by atoms with E-state index < -0.39 is 12.6 Å². The minimum atomic E-state index is -0.966. The van der Waals surface area contributed by atoms with Crippen LogP contribution in [-0.2, 0) is 4.74 Å². The Morgan fingerprint density at radius 2 is 2.00 bits per heavy atom. The predicted molar refractivity (Wildman–Crippen MR) is 35.1 cm³/mol. The Morgan fingerprint density at radius 1 is 1.40 bits per heavy atom. The molecule has 0 aliphatic heterocycles. The molecule has 2 atom stereocenters. The van der Waals surface area contributed by atoms with Crippen LogP contribution < -0.4 is 0 Å². The lowest BCUT2D eigenvalue weighted by atomic mass is 10.3. The third kappa shape index (κ3) is 5.97. The first-order valence-corrected chi connectivity index (χ1v) is 3.29. The van der Waals surface area contributed by atoms with Crippen LogP contribution in [0.3, 0.4) is 0 Å². The fraction of sp³-hybridized carbons (Fsp3) is 1.00. The van der Waals surface area contributed by atoms with E-state index in [9.17, 15) is 0 Å². The topological polar surface area (TPSA) is 69.9 Å². The average molecular weight is 150 g/mol. The third-order valence-electron chi connectivity index (χ3n) is 0.963. The second-order valence-corrected chi connectivity index (χ2v) is 2.06. The maximum Gasteiger partial charge on any atom is 0.157 e. The molecule has 4 heteroatoms. The van der Waals surface area contributed by atoms with Crippen molar-refractivity contribution in [2.75, 3.05) is 6.61 Å². The van der Waals surface area contributed by atoms with E-state index in [-0.39, 0.29) is 6.61 Å². The van der Waals surface area contributed by atoms with E-state index in [1.807, 2.05) is 0 Å². The number of hydrogen-bond donors (Lipinski definition) is 3. The Bertz CT molecular complexity index is 74.1. The molecule has 0 saturated heterocycles. The van der Waals surface area contributed by atoms with Gasteiger partial charge in [-0.15, -0.1) is 0 Å². The van der Waals surface area contributed by atoms with Crippen molar-refractivity contribution in [1.82, 2.24) is 0 Å². The fourth-order valence-corrected chi connectivity index (χ4v) is 0.561. The van der Waals surface area contributed by atoms with Gasteiger partial charge in [0.2, 0.25) is 0 Å². The molecule has 0 fully saturated rings. The summed E-state index contributed by atoms with van der Waals surface area (Å²) in [5.74, 6) is 0. The summed E-state index contributed by atoms with van der Waals surface area (Å²) < 4.78 is 4.55. The maximum absolute atomic E-state index is 8.86.